The number of carbonyl (C=O) groups is 1. The van der Waals surface area contributed by atoms with Gasteiger partial charge in [-0.2, -0.15) is 0 Å². The van der Waals surface area contributed by atoms with Crippen LogP contribution in [0.25, 0.3) is 0 Å². The molecule has 19 heavy (non-hydrogen) atoms. The fraction of sp³-hybridized carbons (Fsp3) is 0.154. The third kappa shape index (κ3) is 2.13. The van der Waals surface area contributed by atoms with Crippen molar-refractivity contribution in [2.24, 2.45) is 0 Å². The van der Waals surface area contributed by atoms with E-state index >= 15 is 0 Å². The lowest BCUT2D eigenvalue weighted by molar-refractivity contribution is 0.0935. The van der Waals surface area contributed by atoms with Crippen LogP contribution in [0.3, 0.4) is 0 Å². The number of pyridine rings is 2. The average Bonchev–Trinajstić information content (AvgIpc) is 2.38. The van der Waals surface area contributed by atoms with Crippen molar-refractivity contribution >= 4 is 23.3 Å². The van der Waals surface area contributed by atoms with Crippen LogP contribution in [-0.2, 0) is 0 Å². The smallest absolute Gasteiger partial charge is 0.258 e. The summed E-state index contributed by atoms with van der Waals surface area (Å²) >= 11 is 6.00. The van der Waals surface area contributed by atoms with E-state index in [4.69, 9.17) is 11.6 Å². The highest BCUT2D eigenvalue weighted by atomic mass is 35.5. The third-order valence-corrected chi connectivity index (χ3v) is 3.23. The Labute approximate surface area is 115 Å². The zero-order valence-electron chi connectivity index (χ0n) is 10.1. The lowest BCUT2D eigenvalue weighted by atomic mass is 10.1. The molecular weight excluding hydrogens is 264 g/mol. The van der Waals surface area contributed by atoms with Crippen molar-refractivity contribution in [3.63, 3.8) is 0 Å². The summed E-state index contributed by atoms with van der Waals surface area (Å²) in [7, 11) is 0. The van der Waals surface area contributed by atoms with E-state index in [0.29, 0.717) is 16.4 Å². The summed E-state index contributed by atoms with van der Waals surface area (Å²) < 4.78 is 0. The SMILES string of the molecule is Cc1cncc(C2NC(=O)c3c(Cl)ccnc3N2)c1. The van der Waals surface area contributed by atoms with Crippen molar-refractivity contribution in [1.29, 1.82) is 0 Å². The van der Waals surface area contributed by atoms with Gasteiger partial charge in [0.2, 0.25) is 0 Å². The summed E-state index contributed by atoms with van der Waals surface area (Å²) in [6, 6.07) is 3.55. The first-order valence-corrected chi connectivity index (χ1v) is 6.16. The van der Waals surface area contributed by atoms with Crippen LogP contribution in [0.2, 0.25) is 5.02 Å². The molecular formula is C13H11ClN4O. The van der Waals surface area contributed by atoms with Gasteiger partial charge in [0, 0.05) is 24.2 Å². The highest BCUT2D eigenvalue weighted by Crippen LogP contribution is 2.29. The summed E-state index contributed by atoms with van der Waals surface area (Å²) in [4.78, 5) is 20.4. The standard InChI is InChI=1S/C13H11ClN4O/c1-7-4-8(6-15-5-7)11-17-12-10(13(19)18-11)9(14)2-3-16-12/h2-6,11H,1H3,(H,16,17)(H,18,19). The molecule has 3 heterocycles. The summed E-state index contributed by atoms with van der Waals surface area (Å²) in [5.41, 5.74) is 2.28. The number of carbonyl (C=O) groups excluding carboxylic acids is 1. The van der Waals surface area contributed by atoms with Gasteiger partial charge in [-0.05, 0) is 24.6 Å². The molecule has 1 amide bonds. The molecule has 96 valence electrons. The van der Waals surface area contributed by atoms with Crippen LogP contribution in [0.15, 0.2) is 30.7 Å². The number of aryl methyl sites for hydroxylation is 1. The Morgan fingerprint density at radius 3 is 2.95 bits per heavy atom. The molecule has 5 nitrogen and oxygen atoms in total. The van der Waals surface area contributed by atoms with Crippen molar-refractivity contribution in [2.45, 2.75) is 13.1 Å². The molecule has 1 aliphatic heterocycles. The molecule has 0 fully saturated rings. The number of nitrogens with zero attached hydrogens (tertiary/aromatic N) is 2. The first-order valence-electron chi connectivity index (χ1n) is 5.78. The van der Waals surface area contributed by atoms with E-state index in [1.807, 2.05) is 13.0 Å². The number of amides is 1. The summed E-state index contributed by atoms with van der Waals surface area (Å²) in [5, 5.41) is 6.37. The van der Waals surface area contributed by atoms with E-state index in [9.17, 15) is 4.79 Å². The number of nitrogens with one attached hydrogen (secondary N) is 2. The van der Waals surface area contributed by atoms with Crippen LogP contribution in [0, 0.1) is 6.92 Å². The van der Waals surface area contributed by atoms with Gasteiger partial charge in [-0.25, -0.2) is 4.98 Å². The van der Waals surface area contributed by atoms with Crippen molar-refractivity contribution in [1.82, 2.24) is 15.3 Å². The largest absolute Gasteiger partial charge is 0.346 e. The first kappa shape index (κ1) is 11.9. The number of hydrogen-bond acceptors (Lipinski definition) is 4. The minimum absolute atomic E-state index is 0.238. The van der Waals surface area contributed by atoms with Crippen LogP contribution in [0.5, 0.6) is 0 Å². The maximum absolute atomic E-state index is 12.1. The zero-order chi connectivity index (χ0) is 13.4. The zero-order valence-corrected chi connectivity index (χ0v) is 10.9. The number of aromatic nitrogens is 2. The lowest BCUT2D eigenvalue weighted by Crippen LogP contribution is -2.39. The van der Waals surface area contributed by atoms with Gasteiger partial charge in [-0.3, -0.25) is 9.78 Å². The summed E-state index contributed by atoms with van der Waals surface area (Å²) in [6.07, 6.45) is 4.69. The van der Waals surface area contributed by atoms with Crippen LogP contribution in [0.1, 0.15) is 27.7 Å². The van der Waals surface area contributed by atoms with E-state index in [2.05, 4.69) is 20.6 Å². The topological polar surface area (TPSA) is 66.9 Å². The van der Waals surface area contributed by atoms with Crippen LogP contribution in [-0.4, -0.2) is 15.9 Å². The average molecular weight is 275 g/mol. The Bertz CT molecular complexity index is 659. The summed E-state index contributed by atoms with van der Waals surface area (Å²) in [5.74, 6) is 0.251. The number of anilines is 1. The molecule has 3 rings (SSSR count). The highest BCUT2D eigenvalue weighted by Gasteiger charge is 2.27. The molecule has 6 heteroatoms. The molecule has 0 spiro atoms. The number of hydrogen-bond donors (Lipinski definition) is 2. The lowest BCUT2D eigenvalue weighted by Gasteiger charge is -2.27. The minimum Gasteiger partial charge on any atom is -0.346 e. The molecule has 2 N–H and O–H groups in total. The molecule has 0 aromatic carbocycles. The Hall–Kier alpha value is -2.14. The van der Waals surface area contributed by atoms with E-state index in [-0.39, 0.29) is 12.1 Å². The molecule has 2 aromatic rings. The van der Waals surface area contributed by atoms with Crippen molar-refractivity contribution in [2.75, 3.05) is 5.32 Å². The Morgan fingerprint density at radius 1 is 1.32 bits per heavy atom. The fourth-order valence-corrected chi connectivity index (χ4v) is 2.27. The Kier molecular flexibility index (Phi) is 2.83. The number of halogens is 1. The van der Waals surface area contributed by atoms with E-state index in [0.717, 1.165) is 11.1 Å². The monoisotopic (exact) mass is 274 g/mol. The minimum atomic E-state index is -0.349. The van der Waals surface area contributed by atoms with Crippen LogP contribution in [0.4, 0.5) is 5.82 Å². The third-order valence-electron chi connectivity index (χ3n) is 2.91. The molecule has 0 aliphatic carbocycles. The first-order chi connectivity index (χ1) is 9.15. The van der Waals surface area contributed by atoms with E-state index < -0.39 is 0 Å². The second kappa shape index (κ2) is 4.51. The Morgan fingerprint density at radius 2 is 2.16 bits per heavy atom. The molecule has 1 unspecified atom stereocenters. The number of rotatable bonds is 1. The van der Waals surface area contributed by atoms with Gasteiger partial charge >= 0.3 is 0 Å². The van der Waals surface area contributed by atoms with Gasteiger partial charge in [0.25, 0.3) is 5.91 Å². The van der Waals surface area contributed by atoms with E-state index in [1.54, 1.807) is 24.7 Å². The normalized spacial score (nSPS) is 17.4. The Balaban J connectivity index is 2.00. The summed E-state index contributed by atoms with van der Waals surface area (Å²) in [6.45, 7) is 1.95. The van der Waals surface area contributed by atoms with Gasteiger partial charge in [0.1, 0.15) is 17.5 Å². The van der Waals surface area contributed by atoms with Crippen molar-refractivity contribution in [3.05, 3.63) is 52.4 Å². The molecule has 0 saturated carbocycles. The van der Waals surface area contributed by atoms with Gasteiger partial charge < -0.3 is 10.6 Å². The van der Waals surface area contributed by atoms with Gasteiger partial charge in [0.15, 0.2) is 0 Å². The fourth-order valence-electron chi connectivity index (χ4n) is 2.04. The van der Waals surface area contributed by atoms with Gasteiger partial charge in [-0.15, -0.1) is 0 Å². The van der Waals surface area contributed by atoms with E-state index in [1.165, 1.54) is 0 Å². The molecule has 2 aromatic heterocycles. The van der Waals surface area contributed by atoms with Crippen LogP contribution >= 0.6 is 11.6 Å². The van der Waals surface area contributed by atoms with Crippen molar-refractivity contribution in [3.8, 4) is 0 Å². The molecule has 1 aliphatic rings. The molecule has 0 saturated heterocycles. The molecule has 1 atom stereocenters. The quantitative estimate of drug-likeness (QED) is 0.837. The predicted molar refractivity (Wildman–Crippen MR) is 72.1 cm³/mol. The van der Waals surface area contributed by atoms with Crippen molar-refractivity contribution < 1.29 is 4.79 Å². The number of fused-ring (bicyclic) bond motifs is 1. The van der Waals surface area contributed by atoms with Crippen LogP contribution < -0.4 is 10.6 Å². The maximum Gasteiger partial charge on any atom is 0.258 e. The molecule has 0 radical (unpaired) electrons. The predicted octanol–water partition coefficient (Wildman–Crippen LogP) is 2.29. The highest BCUT2D eigenvalue weighted by molar-refractivity contribution is 6.34. The van der Waals surface area contributed by atoms with Gasteiger partial charge in [-0.1, -0.05) is 11.6 Å². The van der Waals surface area contributed by atoms with Gasteiger partial charge in [0.05, 0.1) is 5.02 Å². The second-order valence-corrected chi connectivity index (χ2v) is 4.77. The second-order valence-electron chi connectivity index (χ2n) is 4.36. The molecule has 0 bridgehead atoms. The maximum atomic E-state index is 12.1.